The van der Waals surface area contributed by atoms with E-state index in [-0.39, 0.29) is 17.7 Å². The summed E-state index contributed by atoms with van der Waals surface area (Å²) in [5.41, 5.74) is 2.34. The molecule has 0 amide bonds. The summed E-state index contributed by atoms with van der Waals surface area (Å²) in [5.74, 6) is 0.664. The lowest BCUT2D eigenvalue weighted by atomic mass is 10.00. The molecule has 0 saturated heterocycles. The van der Waals surface area contributed by atoms with Crippen LogP contribution < -0.4 is 4.74 Å². The highest BCUT2D eigenvalue weighted by Gasteiger charge is 2.25. The van der Waals surface area contributed by atoms with Crippen LogP contribution in [-0.2, 0) is 27.2 Å². The van der Waals surface area contributed by atoms with Crippen molar-refractivity contribution in [1.29, 1.82) is 0 Å². The maximum absolute atomic E-state index is 12.8. The number of esters is 1. The van der Waals surface area contributed by atoms with E-state index < -0.39 is 6.10 Å². The molecular formula is C27H32N2O5. The number of rotatable bonds is 11. The van der Waals surface area contributed by atoms with Crippen molar-refractivity contribution < 1.29 is 23.8 Å². The molecule has 1 atom stereocenters. The number of hydrogen-bond acceptors (Lipinski definition) is 6. The Morgan fingerprint density at radius 1 is 1.09 bits per heavy atom. The lowest BCUT2D eigenvalue weighted by Crippen LogP contribution is -2.28. The quantitative estimate of drug-likeness (QED) is 0.305. The molecule has 3 aromatic rings. The number of hydrogen-bond donors (Lipinski definition) is 0. The molecule has 0 aliphatic heterocycles. The molecule has 1 saturated carbocycles. The second-order valence-corrected chi connectivity index (χ2v) is 8.63. The highest BCUT2D eigenvalue weighted by molar-refractivity contribution is 5.98. The van der Waals surface area contributed by atoms with Crippen molar-refractivity contribution in [3.8, 4) is 5.75 Å². The zero-order valence-corrected chi connectivity index (χ0v) is 19.9. The van der Waals surface area contributed by atoms with Gasteiger partial charge in [-0.15, -0.1) is 0 Å². The zero-order chi connectivity index (χ0) is 23.9. The van der Waals surface area contributed by atoms with Crippen molar-refractivity contribution in [2.75, 3.05) is 20.3 Å². The Morgan fingerprint density at radius 3 is 2.56 bits per heavy atom. The molecule has 0 spiro atoms. The van der Waals surface area contributed by atoms with E-state index in [1.807, 2.05) is 60.2 Å². The zero-order valence-electron chi connectivity index (χ0n) is 19.9. The maximum Gasteiger partial charge on any atom is 0.335 e. The lowest BCUT2D eigenvalue weighted by molar-refractivity contribution is -0.153. The summed E-state index contributed by atoms with van der Waals surface area (Å²) in [7, 11) is 1.36. The molecule has 0 radical (unpaired) electrons. The van der Waals surface area contributed by atoms with Gasteiger partial charge in [0.25, 0.3) is 0 Å². The first-order valence-electron chi connectivity index (χ1n) is 12.0. The van der Waals surface area contributed by atoms with E-state index in [1.165, 1.54) is 7.11 Å². The van der Waals surface area contributed by atoms with E-state index in [4.69, 9.17) is 14.2 Å². The van der Waals surface area contributed by atoms with Gasteiger partial charge < -0.3 is 18.8 Å². The van der Waals surface area contributed by atoms with E-state index in [2.05, 4.69) is 4.98 Å². The predicted octanol–water partition coefficient (Wildman–Crippen LogP) is 4.61. The Bertz CT molecular complexity index is 1120. The molecule has 1 unspecified atom stereocenters. The van der Waals surface area contributed by atoms with E-state index in [9.17, 15) is 9.59 Å². The highest BCUT2D eigenvalue weighted by Crippen LogP contribution is 2.28. The Morgan fingerprint density at radius 2 is 1.85 bits per heavy atom. The molecule has 0 bridgehead atoms. The Kier molecular flexibility index (Phi) is 7.95. The number of fused-ring (bicyclic) bond motifs is 1. The van der Waals surface area contributed by atoms with Gasteiger partial charge in [0.15, 0.2) is 11.9 Å². The van der Waals surface area contributed by atoms with Crippen LogP contribution in [0.25, 0.3) is 11.0 Å². The monoisotopic (exact) mass is 464 g/mol. The van der Waals surface area contributed by atoms with Gasteiger partial charge in [0.2, 0.25) is 0 Å². The molecule has 1 aromatic carbocycles. The van der Waals surface area contributed by atoms with Gasteiger partial charge in [-0.3, -0.25) is 4.79 Å². The van der Waals surface area contributed by atoms with Crippen molar-refractivity contribution in [2.45, 2.75) is 51.7 Å². The summed E-state index contributed by atoms with van der Waals surface area (Å²) in [5, 5.41) is 1.02. The van der Waals surface area contributed by atoms with Crippen molar-refractivity contribution in [3.05, 3.63) is 59.9 Å². The van der Waals surface area contributed by atoms with Crippen LogP contribution in [0, 0.1) is 5.92 Å². The van der Waals surface area contributed by atoms with Crippen LogP contribution in [0.3, 0.4) is 0 Å². The number of aromatic nitrogens is 2. The number of ketones is 1. The summed E-state index contributed by atoms with van der Waals surface area (Å²) in [4.78, 5) is 29.3. The van der Waals surface area contributed by atoms with Crippen LogP contribution in [-0.4, -0.2) is 47.7 Å². The second kappa shape index (κ2) is 11.3. The maximum atomic E-state index is 12.8. The first kappa shape index (κ1) is 24.0. The van der Waals surface area contributed by atoms with Gasteiger partial charge in [-0.2, -0.15) is 0 Å². The molecule has 2 heterocycles. The fourth-order valence-corrected chi connectivity index (χ4v) is 4.52. The molecule has 2 aromatic heterocycles. The van der Waals surface area contributed by atoms with Gasteiger partial charge in [-0.1, -0.05) is 25.0 Å². The van der Waals surface area contributed by atoms with Crippen LogP contribution in [0.2, 0.25) is 0 Å². The van der Waals surface area contributed by atoms with Crippen molar-refractivity contribution in [3.63, 3.8) is 0 Å². The summed E-state index contributed by atoms with van der Waals surface area (Å²) in [6, 6.07) is 13.5. The van der Waals surface area contributed by atoms with Gasteiger partial charge in [-0.25, -0.2) is 9.78 Å². The topological polar surface area (TPSA) is 79.7 Å². The van der Waals surface area contributed by atoms with E-state index in [1.54, 1.807) is 0 Å². The molecule has 0 N–H and O–H groups in total. The average Bonchev–Trinajstić information content (AvgIpc) is 3.54. The minimum absolute atomic E-state index is 0.121. The van der Waals surface area contributed by atoms with Gasteiger partial charge in [-0.05, 0) is 55.7 Å². The molecule has 180 valence electrons. The third-order valence-electron chi connectivity index (χ3n) is 6.37. The van der Waals surface area contributed by atoms with E-state index in [0.717, 1.165) is 48.0 Å². The molecule has 7 heteroatoms. The number of ether oxygens (including phenoxy) is 3. The normalized spacial score (nSPS) is 14.9. The standard InChI is InChI=1S/C27H32N2O5/c1-3-33-24(27(31)32-2)18-19-8-11-22(12-9-19)34-17-16-29-15-14-21-10-13-23(28-26(21)29)25(30)20-6-4-5-7-20/h8-15,20,24H,3-7,16-18H2,1-2H3. The Hall–Kier alpha value is -3.19. The summed E-state index contributed by atoms with van der Waals surface area (Å²) in [6.07, 6.45) is 6.03. The number of methoxy groups -OCH3 is 1. The Labute approximate surface area is 200 Å². The smallest absolute Gasteiger partial charge is 0.335 e. The number of pyridine rings is 1. The van der Waals surface area contributed by atoms with Crippen LogP contribution in [0.15, 0.2) is 48.7 Å². The molecular weight excluding hydrogens is 432 g/mol. The van der Waals surface area contributed by atoms with Crippen LogP contribution >= 0.6 is 0 Å². The first-order valence-corrected chi connectivity index (χ1v) is 12.0. The summed E-state index contributed by atoms with van der Waals surface area (Å²) < 4.78 is 18.2. The van der Waals surface area contributed by atoms with E-state index in [0.29, 0.717) is 31.9 Å². The van der Waals surface area contributed by atoms with Crippen LogP contribution in [0.1, 0.15) is 48.7 Å². The number of Topliss-reactive ketones (excluding diaryl/α,β-unsaturated/α-hetero) is 1. The fourth-order valence-electron chi connectivity index (χ4n) is 4.52. The first-order chi connectivity index (χ1) is 16.6. The minimum Gasteiger partial charge on any atom is -0.492 e. The molecule has 34 heavy (non-hydrogen) atoms. The summed E-state index contributed by atoms with van der Waals surface area (Å²) >= 11 is 0. The molecule has 7 nitrogen and oxygen atoms in total. The Balaban J connectivity index is 1.35. The van der Waals surface area contributed by atoms with Crippen molar-refractivity contribution >= 4 is 22.8 Å². The largest absolute Gasteiger partial charge is 0.492 e. The fraction of sp³-hybridized carbons (Fsp3) is 0.444. The summed E-state index contributed by atoms with van der Waals surface area (Å²) in [6.45, 7) is 3.38. The van der Waals surface area contributed by atoms with Gasteiger partial charge in [0.1, 0.15) is 23.7 Å². The SMILES string of the molecule is CCOC(Cc1ccc(OCCn2ccc3ccc(C(=O)C4CCCC4)nc32)cc1)C(=O)OC. The molecule has 1 aliphatic carbocycles. The molecule has 1 fully saturated rings. The van der Waals surface area contributed by atoms with Crippen LogP contribution in [0.4, 0.5) is 0 Å². The lowest BCUT2D eigenvalue weighted by Gasteiger charge is -2.15. The third-order valence-corrected chi connectivity index (χ3v) is 6.37. The average molecular weight is 465 g/mol. The van der Waals surface area contributed by atoms with Gasteiger partial charge in [0, 0.05) is 30.5 Å². The van der Waals surface area contributed by atoms with E-state index >= 15 is 0 Å². The number of benzene rings is 1. The van der Waals surface area contributed by atoms with Gasteiger partial charge in [0.05, 0.1) is 13.7 Å². The third kappa shape index (κ3) is 5.65. The number of carbonyl (C=O) groups is 2. The highest BCUT2D eigenvalue weighted by atomic mass is 16.6. The minimum atomic E-state index is -0.610. The number of nitrogens with zero attached hydrogens (tertiary/aromatic N) is 2. The molecule has 1 aliphatic rings. The second-order valence-electron chi connectivity index (χ2n) is 8.63. The number of carbonyl (C=O) groups excluding carboxylic acids is 2. The van der Waals surface area contributed by atoms with Crippen molar-refractivity contribution in [2.24, 2.45) is 5.92 Å². The van der Waals surface area contributed by atoms with Crippen molar-refractivity contribution in [1.82, 2.24) is 9.55 Å². The molecule has 4 rings (SSSR count). The van der Waals surface area contributed by atoms with Gasteiger partial charge >= 0.3 is 5.97 Å². The van der Waals surface area contributed by atoms with Crippen LogP contribution in [0.5, 0.6) is 5.75 Å². The predicted molar refractivity (Wildman–Crippen MR) is 129 cm³/mol.